The number of hydrogen-bond acceptors (Lipinski definition) is 7. The highest BCUT2D eigenvalue weighted by molar-refractivity contribution is 7.84. The summed E-state index contributed by atoms with van der Waals surface area (Å²) < 4.78 is 37.6. The Kier molecular flexibility index (Phi) is 8.31. The molecule has 174 valence electrons. The molecule has 9 heteroatoms. The van der Waals surface area contributed by atoms with Crippen LogP contribution in [0.4, 0.5) is 4.39 Å². The molecule has 0 N–H and O–H groups in total. The molecule has 1 unspecified atom stereocenters. The molecule has 1 aromatic carbocycles. The molecule has 0 amide bonds. The van der Waals surface area contributed by atoms with Crippen molar-refractivity contribution in [2.45, 2.75) is 51.0 Å². The molecule has 1 atom stereocenters. The minimum absolute atomic E-state index is 0.00803. The van der Waals surface area contributed by atoms with Crippen LogP contribution in [0.2, 0.25) is 0 Å². The van der Waals surface area contributed by atoms with Crippen LogP contribution in [-0.4, -0.2) is 56.9 Å². The standard InChI is InChI=1S/C23H30FN3O4S/c1-15(2)11-17(28)13-27-9-7-18(8-10-27)30-22-16(3)23(26-14-25-22)31-21-6-5-19(32(4)29)12-20(21)24/h5-6,12,14-15,18H,7-11,13H2,1-4H3. The van der Waals surface area contributed by atoms with Crippen LogP contribution >= 0.6 is 0 Å². The number of likely N-dealkylation sites (tertiary alicyclic amines) is 1. The van der Waals surface area contributed by atoms with E-state index < -0.39 is 16.6 Å². The molecule has 0 saturated carbocycles. The van der Waals surface area contributed by atoms with Gasteiger partial charge in [0.1, 0.15) is 18.2 Å². The Morgan fingerprint density at radius 3 is 2.56 bits per heavy atom. The highest BCUT2D eigenvalue weighted by Crippen LogP contribution is 2.31. The number of halogens is 1. The van der Waals surface area contributed by atoms with E-state index in [-0.39, 0.29) is 23.5 Å². The minimum Gasteiger partial charge on any atom is -0.474 e. The van der Waals surface area contributed by atoms with Gasteiger partial charge in [0.15, 0.2) is 11.6 Å². The summed E-state index contributed by atoms with van der Waals surface area (Å²) in [6.07, 6.45) is 4.98. The normalized spacial score (nSPS) is 16.2. The molecule has 1 aromatic heterocycles. The molecule has 1 aliphatic rings. The molecule has 7 nitrogen and oxygen atoms in total. The van der Waals surface area contributed by atoms with E-state index in [0.717, 1.165) is 25.9 Å². The van der Waals surface area contributed by atoms with Crippen LogP contribution in [0.5, 0.6) is 17.5 Å². The molecule has 1 aliphatic heterocycles. The second-order valence-electron chi connectivity index (χ2n) is 8.49. The Balaban J connectivity index is 1.60. The third kappa shape index (κ3) is 6.56. The Labute approximate surface area is 190 Å². The zero-order chi connectivity index (χ0) is 23.3. The molecule has 0 aliphatic carbocycles. The number of Topliss-reactive ketones (excluding diaryl/α,β-unsaturated/α-hetero) is 1. The maximum atomic E-state index is 14.3. The predicted molar refractivity (Wildman–Crippen MR) is 120 cm³/mol. The SMILES string of the molecule is Cc1c(Oc2ccc(S(C)=O)cc2F)ncnc1OC1CCN(CC(=O)CC(C)C)CC1. The van der Waals surface area contributed by atoms with Crippen LogP contribution in [0.3, 0.4) is 0 Å². The van der Waals surface area contributed by atoms with E-state index in [1.165, 1.54) is 24.7 Å². The highest BCUT2D eigenvalue weighted by atomic mass is 32.2. The van der Waals surface area contributed by atoms with Crippen LogP contribution in [0.25, 0.3) is 0 Å². The largest absolute Gasteiger partial charge is 0.474 e. The monoisotopic (exact) mass is 463 g/mol. The van der Waals surface area contributed by atoms with E-state index in [0.29, 0.717) is 35.2 Å². The van der Waals surface area contributed by atoms with Gasteiger partial charge in [0.2, 0.25) is 11.8 Å². The summed E-state index contributed by atoms with van der Waals surface area (Å²) in [5.74, 6) is 0.636. The summed E-state index contributed by atoms with van der Waals surface area (Å²) in [7, 11) is -1.28. The van der Waals surface area contributed by atoms with Crippen molar-refractivity contribution in [3.8, 4) is 17.5 Å². The lowest BCUT2D eigenvalue weighted by Gasteiger charge is -2.31. The molecule has 3 rings (SSSR count). The Bertz CT molecular complexity index is 978. The molecule has 2 aromatic rings. The van der Waals surface area contributed by atoms with Gasteiger partial charge in [-0.25, -0.2) is 14.4 Å². The molecule has 32 heavy (non-hydrogen) atoms. The fourth-order valence-corrected chi connectivity index (χ4v) is 4.13. The quantitative estimate of drug-likeness (QED) is 0.558. The summed E-state index contributed by atoms with van der Waals surface area (Å²) in [4.78, 5) is 22.9. The summed E-state index contributed by atoms with van der Waals surface area (Å²) in [5.41, 5.74) is 0.574. The molecule has 0 spiro atoms. The Hall–Kier alpha value is -2.39. The number of carbonyl (C=O) groups is 1. The summed E-state index contributed by atoms with van der Waals surface area (Å²) in [5, 5.41) is 0. The Morgan fingerprint density at radius 1 is 1.25 bits per heavy atom. The number of carbonyl (C=O) groups excluding carboxylic acids is 1. The van der Waals surface area contributed by atoms with Gasteiger partial charge in [0.05, 0.1) is 12.1 Å². The lowest BCUT2D eigenvalue weighted by molar-refractivity contribution is -0.121. The Morgan fingerprint density at radius 2 is 1.94 bits per heavy atom. The first kappa shape index (κ1) is 24.3. The zero-order valence-corrected chi connectivity index (χ0v) is 19.8. The number of aromatic nitrogens is 2. The van der Waals surface area contributed by atoms with Crippen molar-refractivity contribution in [1.82, 2.24) is 14.9 Å². The minimum atomic E-state index is -1.28. The lowest BCUT2D eigenvalue weighted by atomic mass is 10.0. The smallest absolute Gasteiger partial charge is 0.229 e. The predicted octanol–water partition coefficient (Wildman–Crippen LogP) is 3.91. The molecule has 0 bridgehead atoms. The van der Waals surface area contributed by atoms with Crippen molar-refractivity contribution in [3.63, 3.8) is 0 Å². The summed E-state index contributed by atoms with van der Waals surface area (Å²) >= 11 is 0. The first-order valence-electron chi connectivity index (χ1n) is 10.8. The topological polar surface area (TPSA) is 81.6 Å². The molecule has 1 saturated heterocycles. The van der Waals surface area contributed by atoms with Crippen LogP contribution in [-0.2, 0) is 15.6 Å². The van der Waals surface area contributed by atoms with E-state index >= 15 is 0 Å². The van der Waals surface area contributed by atoms with Crippen molar-refractivity contribution in [2.24, 2.45) is 5.92 Å². The van der Waals surface area contributed by atoms with E-state index in [1.807, 2.05) is 0 Å². The number of benzene rings is 1. The van der Waals surface area contributed by atoms with Gasteiger partial charge in [0.25, 0.3) is 0 Å². The average Bonchev–Trinajstić information content (AvgIpc) is 2.73. The number of hydrogen-bond donors (Lipinski definition) is 0. The van der Waals surface area contributed by atoms with Crippen LogP contribution in [0.1, 0.15) is 38.7 Å². The van der Waals surface area contributed by atoms with Crippen molar-refractivity contribution in [3.05, 3.63) is 35.9 Å². The molecule has 1 fully saturated rings. The maximum absolute atomic E-state index is 14.3. The van der Waals surface area contributed by atoms with E-state index in [2.05, 4.69) is 28.7 Å². The summed E-state index contributed by atoms with van der Waals surface area (Å²) in [6.45, 7) is 7.94. The fourth-order valence-electron chi connectivity index (χ4n) is 3.60. The number of nitrogens with zero attached hydrogens (tertiary/aromatic N) is 3. The number of ketones is 1. The van der Waals surface area contributed by atoms with Crippen molar-refractivity contribution >= 4 is 16.6 Å². The second kappa shape index (κ2) is 11.0. The number of rotatable bonds is 9. The van der Waals surface area contributed by atoms with Gasteiger partial charge in [-0.15, -0.1) is 0 Å². The second-order valence-corrected chi connectivity index (χ2v) is 9.87. The third-order valence-corrected chi connectivity index (χ3v) is 6.20. The first-order valence-corrected chi connectivity index (χ1v) is 12.3. The molecular formula is C23H30FN3O4S. The van der Waals surface area contributed by atoms with Gasteiger partial charge in [0, 0.05) is 41.5 Å². The first-order chi connectivity index (χ1) is 15.2. The third-order valence-electron chi connectivity index (χ3n) is 5.28. The molecule has 2 heterocycles. The van der Waals surface area contributed by atoms with Crippen LogP contribution in [0.15, 0.2) is 29.4 Å². The summed E-state index contributed by atoms with van der Waals surface area (Å²) in [6, 6.07) is 4.19. The van der Waals surface area contributed by atoms with Crippen LogP contribution < -0.4 is 9.47 Å². The van der Waals surface area contributed by atoms with Gasteiger partial charge in [-0.2, -0.15) is 0 Å². The van der Waals surface area contributed by atoms with Crippen molar-refractivity contribution in [2.75, 3.05) is 25.9 Å². The van der Waals surface area contributed by atoms with Gasteiger partial charge in [-0.05, 0) is 43.9 Å². The number of ether oxygens (including phenoxy) is 2. The van der Waals surface area contributed by atoms with Gasteiger partial charge in [-0.1, -0.05) is 13.8 Å². The van der Waals surface area contributed by atoms with E-state index in [4.69, 9.17) is 9.47 Å². The highest BCUT2D eigenvalue weighted by Gasteiger charge is 2.24. The van der Waals surface area contributed by atoms with Crippen LogP contribution in [0, 0.1) is 18.7 Å². The van der Waals surface area contributed by atoms with Gasteiger partial charge in [-0.3, -0.25) is 13.9 Å². The number of piperidine rings is 1. The fraction of sp³-hybridized carbons (Fsp3) is 0.522. The van der Waals surface area contributed by atoms with E-state index in [1.54, 1.807) is 13.0 Å². The maximum Gasteiger partial charge on any atom is 0.229 e. The van der Waals surface area contributed by atoms with E-state index in [9.17, 15) is 13.4 Å². The van der Waals surface area contributed by atoms with Gasteiger partial charge >= 0.3 is 0 Å². The molecule has 0 radical (unpaired) electrons. The van der Waals surface area contributed by atoms with Crippen molar-refractivity contribution in [1.29, 1.82) is 0 Å². The van der Waals surface area contributed by atoms with Gasteiger partial charge < -0.3 is 9.47 Å². The lowest BCUT2D eigenvalue weighted by Crippen LogP contribution is -2.41. The average molecular weight is 464 g/mol. The zero-order valence-electron chi connectivity index (χ0n) is 19.0. The van der Waals surface area contributed by atoms with Crippen molar-refractivity contribution < 1.29 is 22.9 Å². The molecular weight excluding hydrogens is 433 g/mol.